The molecule has 1 fully saturated rings. The van der Waals surface area contributed by atoms with Crippen molar-refractivity contribution >= 4 is 25.6 Å². The van der Waals surface area contributed by atoms with E-state index in [-0.39, 0.29) is 17.6 Å². The lowest BCUT2D eigenvalue weighted by molar-refractivity contribution is -0.127. The van der Waals surface area contributed by atoms with Gasteiger partial charge in [-0.05, 0) is 12.3 Å². The van der Waals surface area contributed by atoms with Crippen LogP contribution in [-0.4, -0.2) is 38.1 Å². The van der Waals surface area contributed by atoms with Gasteiger partial charge in [-0.3, -0.25) is 4.79 Å². The summed E-state index contributed by atoms with van der Waals surface area (Å²) in [6.07, 6.45) is 1.26. The zero-order valence-corrected chi connectivity index (χ0v) is 11.2. The summed E-state index contributed by atoms with van der Waals surface area (Å²) in [5.41, 5.74) is 0. The van der Waals surface area contributed by atoms with Crippen molar-refractivity contribution in [3.8, 4) is 0 Å². The summed E-state index contributed by atoms with van der Waals surface area (Å²) in [5, 5.41) is 0. The highest BCUT2D eigenvalue weighted by Crippen LogP contribution is 2.21. The Morgan fingerprint density at radius 3 is 2.62 bits per heavy atom. The van der Waals surface area contributed by atoms with Gasteiger partial charge in [-0.15, -0.1) is 0 Å². The minimum atomic E-state index is -3.49. The second kappa shape index (κ2) is 5.36. The molecule has 1 heterocycles. The summed E-state index contributed by atoms with van der Waals surface area (Å²) in [6, 6.07) is 0. The molecule has 1 atom stereocenters. The van der Waals surface area contributed by atoms with E-state index in [9.17, 15) is 13.2 Å². The number of rotatable bonds is 5. The zero-order valence-electron chi connectivity index (χ0n) is 9.65. The van der Waals surface area contributed by atoms with Gasteiger partial charge in [0.25, 0.3) is 0 Å². The van der Waals surface area contributed by atoms with Crippen molar-refractivity contribution in [3.63, 3.8) is 0 Å². The highest BCUT2D eigenvalue weighted by Gasteiger charge is 2.31. The highest BCUT2D eigenvalue weighted by atomic mass is 35.7. The van der Waals surface area contributed by atoms with Gasteiger partial charge in [0, 0.05) is 36.1 Å². The first-order valence-corrected chi connectivity index (χ1v) is 7.96. The van der Waals surface area contributed by atoms with E-state index in [0.717, 1.165) is 13.0 Å². The van der Waals surface area contributed by atoms with Crippen LogP contribution in [0.2, 0.25) is 0 Å². The first-order valence-electron chi connectivity index (χ1n) is 5.48. The summed E-state index contributed by atoms with van der Waals surface area (Å²) in [5.74, 6) is 0.357. The molecular formula is C10H18ClNO3S. The maximum Gasteiger partial charge on any atom is 0.232 e. The molecule has 1 aliphatic heterocycles. The van der Waals surface area contributed by atoms with Crippen molar-refractivity contribution in [1.82, 2.24) is 4.90 Å². The molecule has 1 unspecified atom stereocenters. The average molecular weight is 268 g/mol. The van der Waals surface area contributed by atoms with E-state index in [1.807, 2.05) is 0 Å². The summed E-state index contributed by atoms with van der Waals surface area (Å²) in [4.78, 5) is 13.3. The molecule has 94 valence electrons. The van der Waals surface area contributed by atoms with Gasteiger partial charge in [0.05, 0.1) is 5.75 Å². The largest absolute Gasteiger partial charge is 0.342 e. The normalized spacial score (nSPS) is 22.1. The SMILES string of the molecule is CC(C)CCN1CC(CS(=O)(=O)Cl)CC1=O. The Bertz CT molecular complexity index is 353. The lowest BCUT2D eigenvalue weighted by Crippen LogP contribution is -2.27. The van der Waals surface area contributed by atoms with E-state index in [2.05, 4.69) is 13.8 Å². The molecule has 0 aliphatic carbocycles. The van der Waals surface area contributed by atoms with E-state index < -0.39 is 9.05 Å². The fourth-order valence-electron chi connectivity index (χ4n) is 1.88. The third kappa shape index (κ3) is 4.70. The fraction of sp³-hybridized carbons (Fsp3) is 0.900. The van der Waals surface area contributed by atoms with Crippen LogP contribution in [0.25, 0.3) is 0 Å². The average Bonchev–Trinajstić information content (AvgIpc) is 2.39. The van der Waals surface area contributed by atoms with Crippen molar-refractivity contribution in [1.29, 1.82) is 0 Å². The molecule has 1 rings (SSSR count). The molecule has 0 aromatic rings. The van der Waals surface area contributed by atoms with Gasteiger partial charge in [0.2, 0.25) is 15.0 Å². The first kappa shape index (κ1) is 13.8. The maximum atomic E-state index is 11.6. The molecule has 0 N–H and O–H groups in total. The Hall–Kier alpha value is -0.290. The molecule has 1 amide bonds. The number of halogens is 1. The van der Waals surface area contributed by atoms with Gasteiger partial charge in [-0.2, -0.15) is 0 Å². The van der Waals surface area contributed by atoms with Gasteiger partial charge >= 0.3 is 0 Å². The topological polar surface area (TPSA) is 54.5 Å². The van der Waals surface area contributed by atoms with Crippen LogP contribution in [-0.2, 0) is 13.8 Å². The minimum absolute atomic E-state index is 0.0472. The summed E-state index contributed by atoms with van der Waals surface area (Å²) in [7, 11) is 1.69. The number of amides is 1. The van der Waals surface area contributed by atoms with Crippen molar-refractivity contribution in [2.45, 2.75) is 26.7 Å². The molecule has 16 heavy (non-hydrogen) atoms. The van der Waals surface area contributed by atoms with E-state index in [1.54, 1.807) is 4.90 Å². The number of carbonyl (C=O) groups excluding carboxylic acids is 1. The number of hydrogen-bond donors (Lipinski definition) is 0. The van der Waals surface area contributed by atoms with Crippen LogP contribution in [0.4, 0.5) is 0 Å². The highest BCUT2D eigenvalue weighted by molar-refractivity contribution is 8.13. The number of carbonyl (C=O) groups is 1. The molecule has 0 aromatic carbocycles. The molecular weight excluding hydrogens is 250 g/mol. The molecule has 0 saturated carbocycles. The van der Waals surface area contributed by atoms with Gasteiger partial charge in [-0.1, -0.05) is 13.8 Å². The smallest absolute Gasteiger partial charge is 0.232 e. The van der Waals surface area contributed by atoms with Gasteiger partial charge < -0.3 is 4.90 Å². The van der Waals surface area contributed by atoms with E-state index in [1.165, 1.54) is 0 Å². The van der Waals surface area contributed by atoms with Gasteiger partial charge in [0.1, 0.15) is 0 Å². The van der Waals surface area contributed by atoms with Crippen molar-refractivity contribution in [2.24, 2.45) is 11.8 Å². The fourth-order valence-corrected chi connectivity index (χ4v) is 3.20. The van der Waals surface area contributed by atoms with Crippen LogP contribution < -0.4 is 0 Å². The van der Waals surface area contributed by atoms with E-state index >= 15 is 0 Å². The molecule has 1 aliphatic rings. The third-order valence-electron chi connectivity index (χ3n) is 2.71. The standard InChI is InChI=1S/C10H18ClNO3S/c1-8(2)3-4-12-6-9(5-10(12)13)7-16(11,14)15/h8-9H,3-7H2,1-2H3. The second-order valence-electron chi connectivity index (χ2n) is 4.80. The van der Waals surface area contributed by atoms with Crippen LogP contribution in [0.15, 0.2) is 0 Å². The summed E-state index contributed by atoms with van der Waals surface area (Å²) in [6.45, 7) is 5.44. The minimum Gasteiger partial charge on any atom is -0.342 e. The number of nitrogens with zero attached hydrogens (tertiary/aromatic N) is 1. The molecule has 0 bridgehead atoms. The lowest BCUT2D eigenvalue weighted by Gasteiger charge is -2.17. The predicted molar refractivity (Wildman–Crippen MR) is 63.8 cm³/mol. The zero-order chi connectivity index (χ0) is 12.3. The predicted octanol–water partition coefficient (Wildman–Crippen LogP) is 1.45. The molecule has 0 aromatic heterocycles. The first-order chi connectivity index (χ1) is 7.28. The van der Waals surface area contributed by atoms with Gasteiger partial charge in [-0.25, -0.2) is 8.42 Å². The molecule has 4 nitrogen and oxygen atoms in total. The van der Waals surface area contributed by atoms with E-state index in [4.69, 9.17) is 10.7 Å². The van der Waals surface area contributed by atoms with E-state index in [0.29, 0.717) is 18.9 Å². The summed E-state index contributed by atoms with van der Waals surface area (Å²) >= 11 is 0. The second-order valence-corrected chi connectivity index (χ2v) is 7.62. The Balaban J connectivity index is 2.44. The molecule has 0 spiro atoms. The Labute approximate surface area is 101 Å². The van der Waals surface area contributed by atoms with Crippen LogP contribution >= 0.6 is 10.7 Å². The Kier molecular flexibility index (Phi) is 4.62. The quantitative estimate of drug-likeness (QED) is 0.709. The number of likely N-dealkylation sites (tertiary alicyclic amines) is 1. The molecule has 0 radical (unpaired) electrons. The Morgan fingerprint density at radius 1 is 1.50 bits per heavy atom. The monoisotopic (exact) mass is 267 g/mol. The Morgan fingerprint density at radius 2 is 2.12 bits per heavy atom. The molecule has 1 saturated heterocycles. The third-order valence-corrected chi connectivity index (χ3v) is 3.95. The summed E-state index contributed by atoms with van der Waals surface area (Å²) < 4.78 is 21.8. The van der Waals surface area contributed by atoms with Crippen molar-refractivity contribution in [2.75, 3.05) is 18.8 Å². The van der Waals surface area contributed by atoms with Crippen molar-refractivity contribution < 1.29 is 13.2 Å². The van der Waals surface area contributed by atoms with Crippen LogP contribution in [0.3, 0.4) is 0 Å². The van der Waals surface area contributed by atoms with Crippen LogP contribution in [0.5, 0.6) is 0 Å². The van der Waals surface area contributed by atoms with Gasteiger partial charge in [0.15, 0.2) is 0 Å². The van der Waals surface area contributed by atoms with Crippen LogP contribution in [0, 0.1) is 11.8 Å². The van der Waals surface area contributed by atoms with Crippen molar-refractivity contribution in [3.05, 3.63) is 0 Å². The lowest BCUT2D eigenvalue weighted by atomic mass is 10.1. The van der Waals surface area contributed by atoms with Crippen LogP contribution in [0.1, 0.15) is 26.7 Å². The molecule has 6 heteroatoms. The number of hydrogen-bond acceptors (Lipinski definition) is 3. The maximum absolute atomic E-state index is 11.6.